The molecule has 0 unspecified atom stereocenters. The van der Waals surface area contributed by atoms with Crippen molar-refractivity contribution in [2.24, 2.45) is 0 Å². The van der Waals surface area contributed by atoms with Crippen LogP contribution in [0.25, 0.3) is 6.08 Å². The zero-order valence-corrected chi connectivity index (χ0v) is 11.5. The Balaban J connectivity index is 1.66. The summed E-state index contributed by atoms with van der Waals surface area (Å²) in [6.45, 7) is 2.00. The van der Waals surface area contributed by atoms with Gasteiger partial charge in [0, 0.05) is 23.3 Å². The first-order valence-electron chi connectivity index (χ1n) is 6.30. The molecule has 2 N–H and O–H groups in total. The van der Waals surface area contributed by atoms with Gasteiger partial charge in [-0.25, -0.2) is 0 Å². The maximum absolute atomic E-state index is 11.8. The summed E-state index contributed by atoms with van der Waals surface area (Å²) in [6.07, 6.45) is 5.77. The van der Waals surface area contributed by atoms with Crippen LogP contribution in [0.5, 0.6) is 0 Å². The second-order valence-electron chi connectivity index (χ2n) is 4.76. The fraction of sp³-hybridized carbons (Fsp3) is 0.286. The van der Waals surface area contributed by atoms with Gasteiger partial charge in [-0.3, -0.25) is 9.89 Å². The van der Waals surface area contributed by atoms with Crippen molar-refractivity contribution in [2.45, 2.75) is 25.7 Å². The summed E-state index contributed by atoms with van der Waals surface area (Å²) in [5.41, 5.74) is 3.26. The lowest BCUT2D eigenvalue weighted by atomic mass is 10.2. The summed E-state index contributed by atoms with van der Waals surface area (Å²) in [5.74, 6) is 1.10. The number of nitrogens with zero attached hydrogens (tertiary/aromatic N) is 1. The van der Waals surface area contributed by atoms with E-state index in [1.165, 1.54) is 18.9 Å². The third kappa shape index (κ3) is 2.76. The fourth-order valence-corrected chi connectivity index (χ4v) is 2.63. The van der Waals surface area contributed by atoms with E-state index in [1.807, 2.05) is 23.8 Å². The number of aromatic nitrogens is 2. The number of amides is 1. The quantitative estimate of drug-likeness (QED) is 0.840. The van der Waals surface area contributed by atoms with Crippen molar-refractivity contribution >= 4 is 29.1 Å². The summed E-state index contributed by atoms with van der Waals surface area (Å²) in [5, 5.41) is 14.0. The van der Waals surface area contributed by atoms with Crippen molar-refractivity contribution in [1.82, 2.24) is 10.2 Å². The first kappa shape index (κ1) is 12.2. The molecule has 98 valence electrons. The van der Waals surface area contributed by atoms with Crippen LogP contribution < -0.4 is 5.32 Å². The summed E-state index contributed by atoms with van der Waals surface area (Å²) < 4.78 is 0. The van der Waals surface area contributed by atoms with Crippen molar-refractivity contribution < 1.29 is 4.79 Å². The number of carbonyl (C=O) groups excluding carboxylic acids is 1. The van der Waals surface area contributed by atoms with Gasteiger partial charge in [0.05, 0.1) is 0 Å². The van der Waals surface area contributed by atoms with Gasteiger partial charge in [-0.2, -0.15) is 16.4 Å². The molecule has 3 rings (SSSR count). The van der Waals surface area contributed by atoms with E-state index < -0.39 is 0 Å². The van der Waals surface area contributed by atoms with E-state index in [4.69, 9.17) is 0 Å². The average Bonchev–Trinajstić information content (AvgIpc) is 2.98. The van der Waals surface area contributed by atoms with Crippen LogP contribution >= 0.6 is 11.3 Å². The van der Waals surface area contributed by atoms with Gasteiger partial charge in [-0.05, 0) is 48.2 Å². The molecule has 1 aliphatic rings. The van der Waals surface area contributed by atoms with Gasteiger partial charge in [0.2, 0.25) is 5.91 Å². The van der Waals surface area contributed by atoms with Gasteiger partial charge in [0.15, 0.2) is 5.82 Å². The SMILES string of the molecule is Cc1c(NC(=O)C=Cc2ccsc2)n[nH]c1C1CC1. The van der Waals surface area contributed by atoms with Crippen LogP contribution in [0.1, 0.15) is 35.6 Å². The Hall–Kier alpha value is -1.88. The van der Waals surface area contributed by atoms with E-state index in [0.717, 1.165) is 16.8 Å². The molecule has 0 bridgehead atoms. The van der Waals surface area contributed by atoms with Gasteiger partial charge >= 0.3 is 0 Å². The summed E-state index contributed by atoms with van der Waals surface area (Å²) in [7, 11) is 0. The van der Waals surface area contributed by atoms with E-state index in [1.54, 1.807) is 17.4 Å². The van der Waals surface area contributed by atoms with Crippen LogP contribution in [-0.4, -0.2) is 16.1 Å². The van der Waals surface area contributed by atoms with E-state index >= 15 is 0 Å². The highest BCUT2D eigenvalue weighted by Gasteiger charge is 2.28. The number of nitrogens with one attached hydrogen (secondary N) is 2. The highest BCUT2D eigenvalue weighted by Crippen LogP contribution is 2.41. The number of hydrogen-bond acceptors (Lipinski definition) is 3. The van der Waals surface area contributed by atoms with E-state index in [-0.39, 0.29) is 5.91 Å². The second kappa shape index (κ2) is 5.01. The zero-order valence-electron chi connectivity index (χ0n) is 10.6. The van der Waals surface area contributed by atoms with Crippen LogP contribution in [0.15, 0.2) is 22.9 Å². The predicted octanol–water partition coefficient (Wildman–Crippen LogP) is 3.31. The van der Waals surface area contributed by atoms with E-state index in [2.05, 4.69) is 15.5 Å². The van der Waals surface area contributed by atoms with Gasteiger partial charge in [-0.15, -0.1) is 0 Å². The lowest BCUT2D eigenvalue weighted by molar-refractivity contribution is -0.111. The molecular formula is C14H15N3OS. The Labute approximate surface area is 115 Å². The zero-order chi connectivity index (χ0) is 13.2. The first-order valence-corrected chi connectivity index (χ1v) is 7.24. The molecule has 2 aromatic heterocycles. The Bertz CT molecular complexity index is 609. The molecule has 2 heterocycles. The molecule has 0 spiro atoms. The molecule has 1 saturated carbocycles. The van der Waals surface area contributed by atoms with Crippen molar-refractivity contribution in [2.75, 3.05) is 5.32 Å². The third-order valence-electron chi connectivity index (χ3n) is 3.24. The molecule has 1 aliphatic carbocycles. The molecule has 0 saturated heterocycles. The minimum atomic E-state index is -0.150. The maximum atomic E-state index is 11.8. The van der Waals surface area contributed by atoms with Gasteiger partial charge in [-0.1, -0.05) is 0 Å². The van der Waals surface area contributed by atoms with Crippen LogP contribution in [-0.2, 0) is 4.79 Å². The van der Waals surface area contributed by atoms with Gasteiger partial charge < -0.3 is 5.32 Å². The smallest absolute Gasteiger partial charge is 0.249 e. The number of rotatable bonds is 4. The van der Waals surface area contributed by atoms with Gasteiger partial charge in [0.25, 0.3) is 0 Å². The normalized spacial score (nSPS) is 15.0. The molecule has 5 heteroatoms. The van der Waals surface area contributed by atoms with Crippen LogP contribution in [0.2, 0.25) is 0 Å². The number of carbonyl (C=O) groups is 1. The Kier molecular flexibility index (Phi) is 3.21. The lowest BCUT2D eigenvalue weighted by Gasteiger charge is -1.99. The number of hydrogen-bond donors (Lipinski definition) is 2. The summed E-state index contributed by atoms with van der Waals surface area (Å²) in [6, 6.07) is 1.97. The lowest BCUT2D eigenvalue weighted by Crippen LogP contribution is -2.09. The minimum absolute atomic E-state index is 0.150. The third-order valence-corrected chi connectivity index (χ3v) is 3.95. The highest BCUT2D eigenvalue weighted by atomic mass is 32.1. The molecule has 19 heavy (non-hydrogen) atoms. The van der Waals surface area contributed by atoms with E-state index in [0.29, 0.717) is 11.7 Å². The molecule has 2 aromatic rings. The average molecular weight is 273 g/mol. The van der Waals surface area contributed by atoms with Crippen LogP contribution in [0, 0.1) is 6.92 Å². The topological polar surface area (TPSA) is 57.8 Å². The molecule has 0 aliphatic heterocycles. The number of H-pyrrole nitrogens is 1. The summed E-state index contributed by atoms with van der Waals surface area (Å²) >= 11 is 1.61. The molecule has 1 fully saturated rings. The first-order chi connectivity index (χ1) is 9.24. The van der Waals surface area contributed by atoms with Crippen molar-refractivity contribution in [3.05, 3.63) is 39.7 Å². The summed E-state index contributed by atoms with van der Waals surface area (Å²) in [4.78, 5) is 11.8. The Morgan fingerprint density at radius 1 is 1.58 bits per heavy atom. The van der Waals surface area contributed by atoms with Crippen LogP contribution in [0.3, 0.4) is 0 Å². The molecular weight excluding hydrogens is 258 g/mol. The number of aromatic amines is 1. The van der Waals surface area contributed by atoms with Gasteiger partial charge in [0.1, 0.15) is 0 Å². The second-order valence-corrected chi connectivity index (χ2v) is 5.54. The Morgan fingerprint density at radius 3 is 3.11 bits per heavy atom. The highest BCUT2D eigenvalue weighted by molar-refractivity contribution is 7.08. The Morgan fingerprint density at radius 2 is 2.42 bits per heavy atom. The monoisotopic (exact) mass is 273 g/mol. The molecule has 0 atom stereocenters. The largest absolute Gasteiger partial charge is 0.305 e. The molecule has 1 amide bonds. The molecule has 0 aromatic carbocycles. The van der Waals surface area contributed by atoms with Crippen LogP contribution in [0.4, 0.5) is 5.82 Å². The maximum Gasteiger partial charge on any atom is 0.249 e. The molecule has 0 radical (unpaired) electrons. The van der Waals surface area contributed by atoms with Crippen molar-refractivity contribution in [3.63, 3.8) is 0 Å². The minimum Gasteiger partial charge on any atom is -0.305 e. The predicted molar refractivity (Wildman–Crippen MR) is 77.3 cm³/mol. The van der Waals surface area contributed by atoms with Crippen molar-refractivity contribution in [3.8, 4) is 0 Å². The number of thiophene rings is 1. The fourth-order valence-electron chi connectivity index (χ4n) is 2.00. The van der Waals surface area contributed by atoms with Crippen molar-refractivity contribution in [1.29, 1.82) is 0 Å². The molecule has 4 nitrogen and oxygen atoms in total. The number of anilines is 1. The standard InChI is InChI=1S/C14H15N3OS/c1-9-13(11-3-4-11)16-17-14(9)15-12(18)5-2-10-6-7-19-8-10/h2,5-8,11H,3-4H2,1H3,(H2,15,16,17,18). The van der Waals surface area contributed by atoms with E-state index in [9.17, 15) is 4.79 Å².